The van der Waals surface area contributed by atoms with Crippen molar-refractivity contribution in [2.24, 2.45) is 0 Å². The first-order valence-electron chi connectivity index (χ1n) is 4.39. The number of rotatable bonds is 1. The van der Waals surface area contributed by atoms with Crippen LogP contribution in [0, 0.1) is 0 Å². The van der Waals surface area contributed by atoms with E-state index in [1.807, 2.05) is 0 Å². The van der Waals surface area contributed by atoms with E-state index in [0.29, 0.717) is 10.8 Å². The lowest BCUT2D eigenvalue weighted by Crippen LogP contribution is -2.03. The summed E-state index contributed by atoms with van der Waals surface area (Å²) in [6.07, 6.45) is 0. The van der Waals surface area contributed by atoms with Gasteiger partial charge in [0.05, 0.1) is 5.69 Å². The van der Waals surface area contributed by atoms with Crippen LogP contribution in [0.4, 0.5) is 5.69 Å². The van der Waals surface area contributed by atoms with E-state index in [4.69, 9.17) is 10.3 Å². The lowest BCUT2D eigenvalue weighted by Gasteiger charge is -2.08. The minimum absolute atomic E-state index is 0.342. The Kier molecular flexibility index (Phi) is 2.25. The minimum Gasteiger partial charge on any atom is -0.505 e. The summed E-state index contributed by atoms with van der Waals surface area (Å²) in [6.45, 7) is 0. The summed E-state index contributed by atoms with van der Waals surface area (Å²) in [6, 6.07) is 7.82. The predicted octanol–water partition coefficient (Wildman–Crippen LogP) is 1.37. The van der Waals surface area contributed by atoms with E-state index in [1.165, 1.54) is 6.07 Å². The molecule has 84 valence electrons. The highest BCUT2D eigenvalue weighted by molar-refractivity contribution is 7.86. The second-order valence-corrected chi connectivity index (χ2v) is 4.72. The van der Waals surface area contributed by atoms with Crippen LogP contribution in [-0.4, -0.2) is 18.1 Å². The maximum Gasteiger partial charge on any atom is 0.296 e. The van der Waals surface area contributed by atoms with Gasteiger partial charge in [-0.1, -0.05) is 24.3 Å². The van der Waals surface area contributed by atoms with Crippen molar-refractivity contribution in [3.8, 4) is 5.75 Å². The summed E-state index contributed by atoms with van der Waals surface area (Å²) in [5, 5.41) is 10.6. The molecular formula is C10H9NO4S. The number of phenolic OH excluding ortho intramolecular Hbond substituents is 1. The van der Waals surface area contributed by atoms with Crippen LogP contribution < -0.4 is 5.73 Å². The van der Waals surface area contributed by atoms with Gasteiger partial charge in [0, 0.05) is 5.39 Å². The van der Waals surface area contributed by atoms with E-state index in [-0.39, 0.29) is 11.4 Å². The van der Waals surface area contributed by atoms with Crippen molar-refractivity contribution in [2.75, 3.05) is 5.73 Å². The van der Waals surface area contributed by atoms with Gasteiger partial charge in [0.2, 0.25) is 0 Å². The number of hydrogen-bond donors (Lipinski definition) is 3. The summed E-state index contributed by atoms with van der Waals surface area (Å²) >= 11 is 0. The van der Waals surface area contributed by atoms with Gasteiger partial charge in [0.15, 0.2) is 0 Å². The minimum atomic E-state index is -4.43. The predicted molar refractivity (Wildman–Crippen MR) is 59.8 cm³/mol. The van der Waals surface area contributed by atoms with E-state index in [0.717, 1.165) is 0 Å². The zero-order chi connectivity index (χ0) is 11.9. The Balaban J connectivity index is 2.95. The lowest BCUT2D eigenvalue weighted by atomic mass is 10.1. The zero-order valence-corrected chi connectivity index (χ0v) is 8.90. The van der Waals surface area contributed by atoms with Gasteiger partial charge in [0.1, 0.15) is 10.6 Å². The molecule has 0 saturated heterocycles. The zero-order valence-electron chi connectivity index (χ0n) is 8.08. The van der Waals surface area contributed by atoms with Crippen LogP contribution in [0.25, 0.3) is 10.8 Å². The molecule has 6 heteroatoms. The highest BCUT2D eigenvalue weighted by atomic mass is 32.2. The first-order valence-corrected chi connectivity index (χ1v) is 5.83. The average Bonchev–Trinajstić information content (AvgIpc) is 2.22. The van der Waals surface area contributed by atoms with Crippen LogP contribution in [0.15, 0.2) is 35.2 Å². The number of fused-ring (bicyclic) bond motifs is 1. The van der Waals surface area contributed by atoms with Gasteiger partial charge in [-0.05, 0) is 11.5 Å². The van der Waals surface area contributed by atoms with Crippen molar-refractivity contribution in [3.05, 3.63) is 30.3 Å². The SMILES string of the molecule is Nc1c(S(=O)(=O)O)cc2ccccc2c1O. The molecule has 0 saturated carbocycles. The van der Waals surface area contributed by atoms with Crippen LogP contribution in [-0.2, 0) is 10.1 Å². The number of aromatic hydroxyl groups is 1. The Morgan fingerprint density at radius 3 is 2.44 bits per heavy atom. The van der Waals surface area contributed by atoms with Crippen LogP contribution >= 0.6 is 0 Å². The average molecular weight is 239 g/mol. The van der Waals surface area contributed by atoms with Gasteiger partial charge in [0.25, 0.3) is 10.1 Å². The maximum absolute atomic E-state index is 11.0. The molecule has 2 aromatic carbocycles. The monoisotopic (exact) mass is 239 g/mol. The largest absolute Gasteiger partial charge is 0.505 e. The molecule has 2 rings (SSSR count). The number of benzene rings is 2. The molecule has 0 aliphatic carbocycles. The molecule has 0 radical (unpaired) electrons. The second kappa shape index (κ2) is 3.36. The van der Waals surface area contributed by atoms with Gasteiger partial charge < -0.3 is 10.8 Å². The number of nitrogen functional groups attached to an aromatic ring is 1. The first kappa shape index (κ1) is 10.7. The third-order valence-electron chi connectivity index (χ3n) is 2.30. The Morgan fingerprint density at radius 2 is 1.81 bits per heavy atom. The molecule has 4 N–H and O–H groups in total. The lowest BCUT2D eigenvalue weighted by molar-refractivity contribution is 0.473. The van der Waals surface area contributed by atoms with Gasteiger partial charge in [-0.3, -0.25) is 4.55 Å². The molecule has 0 aliphatic rings. The summed E-state index contributed by atoms with van der Waals surface area (Å²) in [7, 11) is -4.43. The molecule has 0 aromatic heterocycles. The Hall–Kier alpha value is -1.79. The molecule has 5 nitrogen and oxygen atoms in total. The molecular weight excluding hydrogens is 230 g/mol. The number of anilines is 1. The molecule has 0 spiro atoms. The van der Waals surface area contributed by atoms with E-state index < -0.39 is 15.0 Å². The van der Waals surface area contributed by atoms with Crippen molar-refractivity contribution < 1.29 is 18.1 Å². The smallest absolute Gasteiger partial charge is 0.296 e. The van der Waals surface area contributed by atoms with Crippen LogP contribution in [0.3, 0.4) is 0 Å². The van der Waals surface area contributed by atoms with Gasteiger partial charge in [-0.25, -0.2) is 0 Å². The molecule has 0 bridgehead atoms. The standard InChI is InChI=1S/C10H9NO4S/c11-9-8(16(13,14)15)5-6-3-1-2-4-7(6)10(9)12/h1-5,12H,11H2,(H,13,14,15). The molecule has 0 unspecified atom stereocenters. The highest BCUT2D eigenvalue weighted by Gasteiger charge is 2.18. The quantitative estimate of drug-likeness (QED) is 0.396. The fourth-order valence-corrected chi connectivity index (χ4v) is 2.18. The normalized spacial score (nSPS) is 11.8. The van der Waals surface area contributed by atoms with Crippen molar-refractivity contribution in [1.82, 2.24) is 0 Å². The molecule has 16 heavy (non-hydrogen) atoms. The summed E-state index contributed by atoms with van der Waals surface area (Å²) in [5.74, 6) is -0.342. The molecule has 0 heterocycles. The van der Waals surface area contributed by atoms with Crippen molar-refractivity contribution >= 4 is 26.6 Å². The summed E-state index contributed by atoms with van der Waals surface area (Å²) in [4.78, 5) is -0.483. The van der Waals surface area contributed by atoms with Gasteiger partial charge >= 0.3 is 0 Å². The first-order chi connectivity index (χ1) is 7.41. The van der Waals surface area contributed by atoms with Crippen LogP contribution in [0.2, 0.25) is 0 Å². The van der Waals surface area contributed by atoms with Gasteiger partial charge in [-0.15, -0.1) is 0 Å². The van der Waals surface area contributed by atoms with Crippen molar-refractivity contribution in [2.45, 2.75) is 4.90 Å². The van der Waals surface area contributed by atoms with Gasteiger partial charge in [-0.2, -0.15) is 8.42 Å². The number of hydrogen-bond acceptors (Lipinski definition) is 4. The molecule has 2 aromatic rings. The van der Waals surface area contributed by atoms with E-state index in [2.05, 4.69) is 0 Å². The molecule has 0 aliphatic heterocycles. The molecule has 0 atom stereocenters. The van der Waals surface area contributed by atoms with Crippen LogP contribution in [0.5, 0.6) is 5.75 Å². The van der Waals surface area contributed by atoms with Crippen LogP contribution in [0.1, 0.15) is 0 Å². The third kappa shape index (κ3) is 1.58. The van der Waals surface area contributed by atoms with E-state index in [1.54, 1.807) is 24.3 Å². The fourth-order valence-electron chi connectivity index (χ4n) is 1.53. The van der Waals surface area contributed by atoms with Crippen molar-refractivity contribution in [3.63, 3.8) is 0 Å². The van der Waals surface area contributed by atoms with E-state index >= 15 is 0 Å². The maximum atomic E-state index is 11.0. The Bertz CT molecular complexity index is 664. The summed E-state index contributed by atoms with van der Waals surface area (Å²) < 4.78 is 31.0. The second-order valence-electron chi connectivity index (χ2n) is 3.33. The molecule has 0 fully saturated rings. The third-order valence-corrected chi connectivity index (χ3v) is 3.19. The van der Waals surface area contributed by atoms with Crippen molar-refractivity contribution in [1.29, 1.82) is 0 Å². The van der Waals surface area contributed by atoms with E-state index in [9.17, 15) is 13.5 Å². The number of nitrogens with two attached hydrogens (primary N) is 1. The Labute approximate surface area is 91.9 Å². The topological polar surface area (TPSA) is 101 Å². The highest BCUT2D eigenvalue weighted by Crippen LogP contribution is 2.35. The summed E-state index contributed by atoms with van der Waals surface area (Å²) in [5.41, 5.74) is 5.10. The number of phenols is 1. The molecule has 0 amide bonds. The fraction of sp³-hybridized carbons (Fsp3) is 0. The Morgan fingerprint density at radius 1 is 1.19 bits per heavy atom.